The van der Waals surface area contributed by atoms with Gasteiger partial charge < -0.3 is 23.4 Å². The van der Waals surface area contributed by atoms with E-state index in [0.717, 1.165) is 4.83 Å². The Balaban J connectivity index is 0. The summed E-state index contributed by atoms with van der Waals surface area (Å²) in [4.78, 5) is 0.838. The molecule has 2 fully saturated rings. The van der Waals surface area contributed by atoms with E-state index < -0.39 is 0 Å². The molecule has 2 aliphatic rings. The summed E-state index contributed by atoms with van der Waals surface area (Å²) < 4.78 is 0. The molecule has 2 aliphatic carbocycles. The van der Waals surface area contributed by atoms with Crippen LogP contribution in [0.1, 0.15) is 77.0 Å². The van der Waals surface area contributed by atoms with E-state index in [2.05, 4.69) is 22.4 Å². The summed E-state index contributed by atoms with van der Waals surface area (Å²) in [5.41, 5.74) is 0. The van der Waals surface area contributed by atoms with Gasteiger partial charge in [-0.15, -0.1) is 0 Å². The Bertz CT molecular complexity index is 115. The van der Waals surface area contributed by atoms with E-state index in [9.17, 15) is 0 Å². The van der Waals surface area contributed by atoms with Crippen LogP contribution in [0.15, 0.2) is 0 Å². The van der Waals surface area contributed by atoms with Gasteiger partial charge in [-0.2, -0.15) is 12.8 Å². The molecule has 0 radical (unpaired) electrons. The molecule has 0 spiro atoms. The minimum absolute atomic E-state index is 0. The second kappa shape index (κ2) is 15.8. The Morgan fingerprint density at radius 1 is 0.706 bits per heavy atom. The fraction of sp³-hybridized carbons (Fsp3) is 0.929. The summed E-state index contributed by atoms with van der Waals surface area (Å²) in [6.45, 7) is 0. The van der Waals surface area contributed by atoms with Crippen molar-refractivity contribution in [2.45, 2.75) is 81.9 Å². The van der Waals surface area contributed by atoms with Crippen molar-refractivity contribution in [3.05, 3.63) is 6.42 Å². The predicted octanol–water partition coefficient (Wildman–Crippen LogP) is 2.27. The molecule has 0 N–H and O–H groups in total. The van der Waals surface area contributed by atoms with Crippen LogP contribution >= 0.6 is 15.9 Å². The van der Waals surface area contributed by atoms with E-state index in [1.807, 2.05) is 0 Å². The maximum atomic E-state index is 3.64. The molecular formula is C14H26Br2Mg. The monoisotopic (exact) mass is 376 g/mol. The molecule has 0 unspecified atom stereocenters. The summed E-state index contributed by atoms with van der Waals surface area (Å²) in [5, 5.41) is 0. The number of hydrogen-bond acceptors (Lipinski definition) is 0. The summed E-state index contributed by atoms with van der Waals surface area (Å²) in [6.07, 6.45) is 19.6. The zero-order valence-corrected chi connectivity index (χ0v) is 15.7. The zero-order chi connectivity index (χ0) is 10.8. The third-order valence-electron chi connectivity index (χ3n) is 3.35. The molecule has 17 heavy (non-hydrogen) atoms. The third kappa shape index (κ3) is 14.0. The second-order valence-corrected chi connectivity index (χ2v) is 6.16. The molecule has 0 amide bonds. The van der Waals surface area contributed by atoms with E-state index in [0.29, 0.717) is 0 Å². The maximum absolute atomic E-state index is 3.64. The largest absolute Gasteiger partial charge is 2.00 e. The van der Waals surface area contributed by atoms with Gasteiger partial charge in [-0.3, -0.25) is 0 Å². The zero-order valence-electron chi connectivity index (χ0n) is 11.1. The SMILES string of the molecule is BrC1CCCCCC1.[Br-].[CH-]1CCCCCC1.[Mg+2]. The molecule has 2 rings (SSSR count). The van der Waals surface area contributed by atoms with Crippen LogP contribution < -0.4 is 17.0 Å². The van der Waals surface area contributed by atoms with Crippen molar-refractivity contribution >= 4 is 39.0 Å². The average molecular weight is 378 g/mol. The van der Waals surface area contributed by atoms with Crippen molar-refractivity contribution in [1.82, 2.24) is 0 Å². The van der Waals surface area contributed by atoms with Crippen LogP contribution in [0.25, 0.3) is 0 Å². The Labute approximate surface area is 143 Å². The van der Waals surface area contributed by atoms with Crippen molar-refractivity contribution in [1.29, 1.82) is 0 Å². The van der Waals surface area contributed by atoms with E-state index in [4.69, 9.17) is 0 Å². The first-order valence-corrected chi connectivity index (χ1v) is 7.77. The molecule has 2 saturated carbocycles. The van der Waals surface area contributed by atoms with Gasteiger partial charge in [-0.25, -0.2) is 0 Å². The molecule has 0 nitrogen and oxygen atoms in total. The molecule has 3 heteroatoms. The first kappa shape index (κ1) is 21.0. The van der Waals surface area contributed by atoms with Gasteiger partial charge in [-0.1, -0.05) is 67.3 Å². The summed E-state index contributed by atoms with van der Waals surface area (Å²) in [7, 11) is 0. The summed E-state index contributed by atoms with van der Waals surface area (Å²) in [5.74, 6) is 0. The van der Waals surface area contributed by atoms with Gasteiger partial charge in [0.05, 0.1) is 0 Å². The van der Waals surface area contributed by atoms with Crippen LogP contribution in [0.5, 0.6) is 0 Å². The minimum Gasteiger partial charge on any atom is -1.00 e. The number of hydrogen-bond donors (Lipinski definition) is 0. The van der Waals surface area contributed by atoms with Gasteiger partial charge in [0.25, 0.3) is 0 Å². The molecule has 0 aromatic carbocycles. The Morgan fingerprint density at radius 2 is 1.12 bits per heavy atom. The summed E-state index contributed by atoms with van der Waals surface area (Å²) >= 11 is 3.64. The fourth-order valence-electron chi connectivity index (χ4n) is 2.30. The van der Waals surface area contributed by atoms with Crippen molar-refractivity contribution in [2.75, 3.05) is 0 Å². The molecule has 0 bridgehead atoms. The van der Waals surface area contributed by atoms with Crippen LogP contribution in [0.3, 0.4) is 0 Å². The van der Waals surface area contributed by atoms with Gasteiger partial charge >= 0.3 is 23.1 Å². The van der Waals surface area contributed by atoms with E-state index >= 15 is 0 Å². The molecule has 0 heterocycles. The maximum Gasteiger partial charge on any atom is 2.00 e. The first-order valence-electron chi connectivity index (χ1n) is 6.85. The second-order valence-electron chi connectivity index (χ2n) is 4.87. The predicted molar refractivity (Wildman–Crippen MR) is 78.2 cm³/mol. The van der Waals surface area contributed by atoms with Crippen LogP contribution in [-0.2, 0) is 0 Å². The molecule has 0 aliphatic heterocycles. The van der Waals surface area contributed by atoms with Crippen LogP contribution in [0, 0.1) is 6.42 Å². The molecule has 0 aromatic heterocycles. The average Bonchev–Trinajstić information content (AvgIpc) is 2.64. The van der Waals surface area contributed by atoms with Crippen molar-refractivity contribution in [3.63, 3.8) is 0 Å². The number of rotatable bonds is 0. The minimum atomic E-state index is 0. The molecule has 0 aromatic rings. The Hall–Kier alpha value is 1.73. The quantitative estimate of drug-likeness (QED) is 0.263. The number of alkyl halides is 1. The first-order chi connectivity index (χ1) is 7.39. The van der Waals surface area contributed by atoms with E-state index in [1.54, 1.807) is 0 Å². The molecule has 98 valence electrons. The smallest absolute Gasteiger partial charge is 1.00 e. The van der Waals surface area contributed by atoms with E-state index in [1.165, 1.54) is 77.0 Å². The summed E-state index contributed by atoms with van der Waals surface area (Å²) in [6, 6.07) is 0. The van der Waals surface area contributed by atoms with Crippen molar-refractivity contribution in [3.8, 4) is 0 Å². The van der Waals surface area contributed by atoms with Gasteiger partial charge in [-0.05, 0) is 12.8 Å². The normalized spacial score (nSPS) is 21.7. The Kier molecular flexibility index (Phi) is 19.5. The van der Waals surface area contributed by atoms with Crippen LogP contribution in [0.4, 0.5) is 0 Å². The Morgan fingerprint density at radius 3 is 1.59 bits per heavy atom. The standard InChI is InChI=1S/C7H13Br.C7H13.BrH.Mg/c8-7-5-3-1-2-4-6-7;1-2-4-6-7-5-3-1;;/h7H,1-6H2;1H,2-7H2;1H;/q;-1;;+2/p-1. The third-order valence-corrected chi connectivity index (χ3v) is 4.27. The van der Waals surface area contributed by atoms with Crippen LogP contribution in [-0.4, -0.2) is 27.9 Å². The molecular weight excluding hydrogens is 352 g/mol. The van der Waals surface area contributed by atoms with Crippen LogP contribution in [0.2, 0.25) is 0 Å². The van der Waals surface area contributed by atoms with Gasteiger partial charge in [0.15, 0.2) is 0 Å². The topological polar surface area (TPSA) is 0 Å². The molecule has 0 saturated heterocycles. The van der Waals surface area contributed by atoms with Gasteiger partial charge in [0.1, 0.15) is 0 Å². The molecule has 0 atom stereocenters. The van der Waals surface area contributed by atoms with Gasteiger partial charge in [0.2, 0.25) is 0 Å². The van der Waals surface area contributed by atoms with Gasteiger partial charge in [0, 0.05) is 4.83 Å². The van der Waals surface area contributed by atoms with Crippen molar-refractivity contribution < 1.29 is 17.0 Å². The fourth-order valence-corrected chi connectivity index (χ4v) is 2.95. The number of halogens is 2. The van der Waals surface area contributed by atoms with Crippen molar-refractivity contribution in [2.24, 2.45) is 0 Å². The van der Waals surface area contributed by atoms with E-state index in [-0.39, 0.29) is 40.0 Å².